The van der Waals surface area contributed by atoms with Crippen molar-refractivity contribution in [2.24, 2.45) is 0 Å². The van der Waals surface area contributed by atoms with Crippen LogP contribution in [0.1, 0.15) is 18.4 Å². The Balaban J connectivity index is 2.16. The second kappa shape index (κ2) is 5.27. The van der Waals surface area contributed by atoms with E-state index in [9.17, 15) is 5.11 Å². The molecule has 2 heterocycles. The van der Waals surface area contributed by atoms with Gasteiger partial charge in [0.15, 0.2) is 0 Å². The highest BCUT2D eigenvalue weighted by atomic mass is 16.5. The molecule has 1 unspecified atom stereocenters. The molecular formula is C12H18N2O2. The number of aromatic nitrogens is 1. The van der Waals surface area contributed by atoms with E-state index in [0.717, 1.165) is 37.2 Å². The van der Waals surface area contributed by atoms with E-state index >= 15 is 0 Å². The average molecular weight is 222 g/mol. The molecule has 1 aromatic rings. The molecule has 1 fully saturated rings. The molecule has 1 aliphatic rings. The highest BCUT2D eigenvalue weighted by Crippen LogP contribution is 2.24. The second-order valence-electron chi connectivity index (χ2n) is 4.11. The van der Waals surface area contributed by atoms with Crippen LogP contribution in [0.5, 0.6) is 0 Å². The van der Waals surface area contributed by atoms with Crippen molar-refractivity contribution in [1.82, 2.24) is 4.98 Å². The summed E-state index contributed by atoms with van der Waals surface area (Å²) in [6, 6.07) is 1.96. The van der Waals surface area contributed by atoms with Gasteiger partial charge in [-0.15, -0.1) is 0 Å². The number of aliphatic hydroxyl groups is 1. The van der Waals surface area contributed by atoms with Gasteiger partial charge in [-0.05, 0) is 18.9 Å². The Bertz CT molecular complexity index is 344. The first-order valence-electron chi connectivity index (χ1n) is 5.66. The normalized spacial score (nSPS) is 21.1. The van der Waals surface area contributed by atoms with E-state index in [0.29, 0.717) is 6.10 Å². The number of anilines is 1. The van der Waals surface area contributed by atoms with Gasteiger partial charge in [-0.1, -0.05) is 0 Å². The van der Waals surface area contributed by atoms with Gasteiger partial charge in [0, 0.05) is 43.8 Å². The van der Waals surface area contributed by atoms with Gasteiger partial charge in [-0.2, -0.15) is 0 Å². The minimum atomic E-state index is 0.0390. The molecule has 1 N–H and O–H groups in total. The fourth-order valence-electron chi connectivity index (χ4n) is 2.20. The predicted molar refractivity (Wildman–Crippen MR) is 62.4 cm³/mol. The molecule has 2 rings (SSSR count). The van der Waals surface area contributed by atoms with Gasteiger partial charge in [-0.3, -0.25) is 4.98 Å². The largest absolute Gasteiger partial charge is 0.392 e. The molecular weight excluding hydrogens is 204 g/mol. The van der Waals surface area contributed by atoms with E-state index in [1.54, 1.807) is 19.5 Å². The van der Waals surface area contributed by atoms with Crippen molar-refractivity contribution < 1.29 is 9.84 Å². The number of hydrogen-bond donors (Lipinski definition) is 1. The molecule has 0 radical (unpaired) electrons. The van der Waals surface area contributed by atoms with E-state index in [-0.39, 0.29) is 6.61 Å². The van der Waals surface area contributed by atoms with Crippen LogP contribution in [0.25, 0.3) is 0 Å². The summed E-state index contributed by atoms with van der Waals surface area (Å²) in [5, 5.41) is 9.27. The lowest BCUT2D eigenvalue weighted by molar-refractivity contribution is 0.0892. The lowest BCUT2D eigenvalue weighted by atomic mass is 10.1. The number of ether oxygens (including phenoxy) is 1. The molecule has 0 amide bonds. The summed E-state index contributed by atoms with van der Waals surface area (Å²) in [5.41, 5.74) is 1.97. The van der Waals surface area contributed by atoms with Crippen molar-refractivity contribution in [1.29, 1.82) is 0 Å². The van der Waals surface area contributed by atoms with Crippen LogP contribution in [0, 0.1) is 0 Å². The minimum absolute atomic E-state index is 0.0390. The molecule has 0 bridgehead atoms. The summed E-state index contributed by atoms with van der Waals surface area (Å²) in [6.45, 7) is 1.96. The molecule has 0 aliphatic carbocycles. The van der Waals surface area contributed by atoms with Crippen LogP contribution in [0.2, 0.25) is 0 Å². The molecule has 1 atom stereocenters. The number of hydrogen-bond acceptors (Lipinski definition) is 4. The Morgan fingerprint density at radius 3 is 3.25 bits per heavy atom. The van der Waals surface area contributed by atoms with Crippen LogP contribution in [-0.2, 0) is 11.3 Å². The van der Waals surface area contributed by atoms with Gasteiger partial charge in [0.2, 0.25) is 0 Å². The highest BCUT2D eigenvalue weighted by Gasteiger charge is 2.21. The predicted octanol–water partition coefficient (Wildman–Crippen LogP) is 1.19. The van der Waals surface area contributed by atoms with Gasteiger partial charge in [0.1, 0.15) is 0 Å². The summed E-state index contributed by atoms with van der Waals surface area (Å²) in [6.07, 6.45) is 6.04. The lowest BCUT2D eigenvalue weighted by Gasteiger charge is -2.34. The van der Waals surface area contributed by atoms with Crippen molar-refractivity contribution in [3.63, 3.8) is 0 Å². The van der Waals surface area contributed by atoms with Gasteiger partial charge in [0.25, 0.3) is 0 Å². The van der Waals surface area contributed by atoms with Gasteiger partial charge >= 0.3 is 0 Å². The van der Waals surface area contributed by atoms with Crippen LogP contribution < -0.4 is 4.90 Å². The van der Waals surface area contributed by atoms with Gasteiger partial charge < -0.3 is 14.7 Å². The van der Waals surface area contributed by atoms with Crippen molar-refractivity contribution in [3.05, 3.63) is 24.0 Å². The third-order valence-electron chi connectivity index (χ3n) is 3.10. The van der Waals surface area contributed by atoms with Crippen molar-refractivity contribution in [2.45, 2.75) is 25.6 Å². The Morgan fingerprint density at radius 1 is 1.62 bits per heavy atom. The monoisotopic (exact) mass is 222 g/mol. The molecule has 88 valence electrons. The van der Waals surface area contributed by atoms with Gasteiger partial charge in [-0.25, -0.2) is 0 Å². The van der Waals surface area contributed by atoms with E-state index in [1.165, 1.54) is 0 Å². The van der Waals surface area contributed by atoms with Crippen LogP contribution in [0.15, 0.2) is 18.5 Å². The number of piperidine rings is 1. The minimum Gasteiger partial charge on any atom is -0.392 e. The van der Waals surface area contributed by atoms with Crippen molar-refractivity contribution in [3.8, 4) is 0 Å². The lowest BCUT2D eigenvalue weighted by Crippen LogP contribution is -2.39. The molecule has 0 aromatic carbocycles. The first kappa shape index (κ1) is 11.4. The molecule has 1 aliphatic heterocycles. The molecule has 1 saturated heterocycles. The quantitative estimate of drug-likeness (QED) is 0.834. The highest BCUT2D eigenvalue weighted by molar-refractivity contribution is 5.52. The van der Waals surface area contributed by atoms with Crippen LogP contribution in [0.4, 0.5) is 5.69 Å². The zero-order valence-electron chi connectivity index (χ0n) is 9.59. The molecule has 4 nitrogen and oxygen atoms in total. The molecule has 1 aromatic heterocycles. The standard InChI is InChI=1S/C12H18N2O2/c1-16-11-3-2-6-14(8-11)12-4-5-13-7-10(12)9-15/h4-5,7,11,15H,2-3,6,8-9H2,1H3. The SMILES string of the molecule is COC1CCCN(c2ccncc2CO)C1. The first-order valence-corrected chi connectivity index (χ1v) is 5.66. The maximum absolute atomic E-state index is 9.27. The molecule has 0 spiro atoms. The van der Waals surface area contributed by atoms with E-state index in [4.69, 9.17) is 4.74 Å². The molecule has 4 heteroatoms. The number of nitrogens with zero attached hydrogens (tertiary/aromatic N) is 2. The number of aliphatic hydroxyl groups excluding tert-OH is 1. The van der Waals surface area contributed by atoms with Crippen LogP contribution >= 0.6 is 0 Å². The summed E-state index contributed by atoms with van der Waals surface area (Å²) in [5.74, 6) is 0. The zero-order valence-corrected chi connectivity index (χ0v) is 9.59. The summed E-state index contributed by atoms with van der Waals surface area (Å²) in [7, 11) is 1.76. The van der Waals surface area contributed by atoms with Gasteiger partial charge in [0.05, 0.1) is 12.7 Å². The topological polar surface area (TPSA) is 45.6 Å². The third kappa shape index (κ3) is 2.33. The zero-order chi connectivity index (χ0) is 11.4. The number of rotatable bonds is 3. The molecule has 16 heavy (non-hydrogen) atoms. The Labute approximate surface area is 95.9 Å². The van der Waals surface area contributed by atoms with Crippen molar-refractivity contribution >= 4 is 5.69 Å². The first-order chi connectivity index (χ1) is 7.85. The maximum Gasteiger partial charge on any atom is 0.0746 e. The summed E-state index contributed by atoms with van der Waals surface area (Å²) >= 11 is 0. The fraction of sp³-hybridized carbons (Fsp3) is 0.583. The summed E-state index contributed by atoms with van der Waals surface area (Å²) < 4.78 is 5.40. The maximum atomic E-state index is 9.27. The Morgan fingerprint density at radius 2 is 2.50 bits per heavy atom. The van der Waals surface area contributed by atoms with E-state index in [1.807, 2.05) is 6.07 Å². The van der Waals surface area contributed by atoms with Crippen LogP contribution in [0.3, 0.4) is 0 Å². The Kier molecular flexibility index (Phi) is 3.74. The third-order valence-corrected chi connectivity index (χ3v) is 3.10. The Hall–Kier alpha value is -1.13. The summed E-state index contributed by atoms with van der Waals surface area (Å²) in [4.78, 5) is 6.30. The van der Waals surface area contributed by atoms with Crippen LogP contribution in [-0.4, -0.2) is 36.4 Å². The van der Waals surface area contributed by atoms with E-state index in [2.05, 4.69) is 9.88 Å². The smallest absolute Gasteiger partial charge is 0.0746 e. The number of methoxy groups -OCH3 is 1. The van der Waals surface area contributed by atoms with Crippen molar-refractivity contribution in [2.75, 3.05) is 25.1 Å². The van der Waals surface area contributed by atoms with E-state index < -0.39 is 0 Å². The average Bonchev–Trinajstić information content (AvgIpc) is 2.38. The molecule has 0 saturated carbocycles. The fourth-order valence-corrected chi connectivity index (χ4v) is 2.20. The number of pyridine rings is 1. The second-order valence-corrected chi connectivity index (χ2v) is 4.11.